The van der Waals surface area contributed by atoms with E-state index in [1.165, 1.54) is 16.8 Å². The summed E-state index contributed by atoms with van der Waals surface area (Å²) < 4.78 is 4.13. The van der Waals surface area contributed by atoms with Crippen LogP contribution in [0.4, 0.5) is 0 Å². The zero-order valence-electron chi connectivity index (χ0n) is 18.6. The Morgan fingerprint density at radius 2 is 1.85 bits per heavy atom. The minimum atomic E-state index is -0.688. The lowest BCUT2D eigenvalue weighted by Crippen LogP contribution is -2.43. The van der Waals surface area contributed by atoms with Crippen LogP contribution in [0.1, 0.15) is 35.7 Å². The fourth-order valence-electron chi connectivity index (χ4n) is 3.55. The van der Waals surface area contributed by atoms with E-state index in [0.717, 1.165) is 28.7 Å². The Balaban J connectivity index is 1.62. The molecular weight excluding hydrogens is 454 g/mol. The summed E-state index contributed by atoms with van der Waals surface area (Å²) >= 11 is 6.08. The second kappa shape index (κ2) is 10.4. The van der Waals surface area contributed by atoms with E-state index in [2.05, 4.69) is 10.4 Å². The van der Waals surface area contributed by atoms with Gasteiger partial charge in [0.25, 0.3) is 11.5 Å². The predicted octanol–water partition coefficient (Wildman–Crippen LogP) is 3.57. The van der Waals surface area contributed by atoms with Crippen LogP contribution in [0.3, 0.4) is 0 Å². The maximum atomic E-state index is 13.2. The summed E-state index contributed by atoms with van der Waals surface area (Å²) in [5.41, 5.74) is 0.768. The summed E-state index contributed by atoms with van der Waals surface area (Å²) in [6, 6.07) is 15.8. The monoisotopic (exact) mass is 477 g/mol. The number of benzene rings is 2. The summed E-state index contributed by atoms with van der Waals surface area (Å²) in [6.07, 6.45) is 6.48. The topological polar surface area (TPSA) is 90.9 Å². The van der Waals surface area contributed by atoms with Gasteiger partial charge < -0.3 is 5.32 Å². The van der Waals surface area contributed by atoms with Crippen LogP contribution in [0.25, 0.3) is 11.4 Å². The number of aryl methyl sites for hydroxylation is 1. The second-order valence-electron chi connectivity index (χ2n) is 7.79. The third-order valence-electron chi connectivity index (χ3n) is 5.38. The van der Waals surface area contributed by atoms with E-state index >= 15 is 0 Å². The molecule has 0 aliphatic rings. The first-order valence-corrected chi connectivity index (χ1v) is 11.4. The molecule has 0 aliphatic heterocycles. The largest absolute Gasteiger partial charge is 0.348 e. The van der Waals surface area contributed by atoms with Crippen LogP contribution in [0.5, 0.6) is 0 Å². The van der Waals surface area contributed by atoms with E-state index in [4.69, 9.17) is 11.6 Å². The number of aromatic nitrogens is 4. The van der Waals surface area contributed by atoms with Gasteiger partial charge in [0, 0.05) is 36.7 Å². The first kappa shape index (κ1) is 23.3. The van der Waals surface area contributed by atoms with Gasteiger partial charge >= 0.3 is 5.69 Å². The predicted molar refractivity (Wildman–Crippen MR) is 131 cm³/mol. The first-order chi connectivity index (χ1) is 16.5. The fourth-order valence-corrected chi connectivity index (χ4v) is 3.74. The minimum Gasteiger partial charge on any atom is -0.348 e. The Hall–Kier alpha value is -3.91. The van der Waals surface area contributed by atoms with E-state index in [1.807, 2.05) is 43.5 Å². The van der Waals surface area contributed by atoms with Crippen molar-refractivity contribution < 1.29 is 4.79 Å². The van der Waals surface area contributed by atoms with Crippen molar-refractivity contribution in [2.75, 3.05) is 0 Å². The number of rotatable bonds is 8. The van der Waals surface area contributed by atoms with Gasteiger partial charge in [0.15, 0.2) is 0 Å². The smallest absolute Gasteiger partial charge is 0.335 e. The summed E-state index contributed by atoms with van der Waals surface area (Å²) in [5, 5.41) is 7.36. The molecule has 0 atom stereocenters. The van der Waals surface area contributed by atoms with Crippen LogP contribution in [-0.2, 0) is 13.1 Å². The van der Waals surface area contributed by atoms with Gasteiger partial charge in [0.1, 0.15) is 5.56 Å². The number of amides is 1. The van der Waals surface area contributed by atoms with Gasteiger partial charge in [-0.3, -0.25) is 14.2 Å². The van der Waals surface area contributed by atoms with Crippen molar-refractivity contribution in [1.82, 2.24) is 24.2 Å². The summed E-state index contributed by atoms with van der Waals surface area (Å²) in [6.45, 7) is 2.62. The molecule has 0 aliphatic carbocycles. The minimum absolute atomic E-state index is 0.108. The third kappa shape index (κ3) is 5.02. The van der Waals surface area contributed by atoms with E-state index in [0.29, 0.717) is 17.3 Å². The zero-order valence-corrected chi connectivity index (χ0v) is 19.4. The van der Waals surface area contributed by atoms with Crippen LogP contribution < -0.4 is 16.6 Å². The average Bonchev–Trinajstić information content (AvgIpc) is 3.38. The van der Waals surface area contributed by atoms with E-state index < -0.39 is 17.2 Å². The maximum absolute atomic E-state index is 13.2. The molecule has 2 aromatic heterocycles. The molecule has 0 saturated heterocycles. The molecule has 174 valence electrons. The van der Waals surface area contributed by atoms with Crippen molar-refractivity contribution in [1.29, 1.82) is 0 Å². The SMILES string of the molecule is CCCCn1cc(C(=O)NCc2ccc(-n3cccn3)cc2)c(=O)n(-c2cccc(Cl)c2)c1=O. The van der Waals surface area contributed by atoms with Gasteiger partial charge in [0.2, 0.25) is 0 Å². The van der Waals surface area contributed by atoms with Crippen LogP contribution in [0.2, 0.25) is 5.02 Å². The van der Waals surface area contributed by atoms with Crippen molar-refractivity contribution in [3.05, 3.63) is 110 Å². The van der Waals surface area contributed by atoms with Crippen LogP contribution >= 0.6 is 11.6 Å². The van der Waals surface area contributed by atoms with Crippen LogP contribution in [0.15, 0.2) is 82.8 Å². The highest BCUT2D eigenvalue weighted by Gasteiger charge is 2.18. The number of unbranched alkanes of at least 4 members (excludes halogenated alkanes) is 1. The van der Waals surface area contributed by atoms with Crippen LogP contribution in [-0.4, -0.2) is 24.8 Å². The molecule has 2 heterocycles. The molecule has 0 unspecified atom stereocenters. The van der Waals surface area contributed by atoms with Crippen molar-refractivity contribution >= 4 is 17.5 Å². The molecule has 1 amide bonds. The molecule has 1 N–H and O–H groups in total. The van der Waals surface area contributed by atoms with Crippen molar-refractivity contribution in [2.24, 2.45) is 0 Å². The molecule has 0 saturated carbocycles. The number of hydrogen-bond acceptors (Lipinski definition) is 4. The number of carbonyl (C=O) groups is 1. The Morgan fingerprint density at radius 3 is 2.53 bits per heavy atom. The fraction of sp³-hybridized carbons (Fsp3) is 0.200. The van der Waals surface area contributed by atoms with Gasteiger partial charge in [-0.25, -0.2) is 14.0 Å². The number of carbonyl (C=O) groups excluding carboxylic acids is 1. The molecule has 0 spiro atoms. The highest BCUT2D eigenvalue weighted by molar-refractivity contribution is 6.30. The molecule has 4 rings (SSSR count). The van der Waals surface area contributed by atoms with Gasteiger partial charge in [-0.05, 0) is 48.4 Å². The normalized spacial score (nSPS) is 10.9. The quantitative estimate of drug-likeness (QED) is 0.420. The lowest BCUT2D eigenvalue weighted by Gasteiger charge is -2.13. The van der Waals surface area contributed by atoms with Crippen molar-refractivity contribution in [2.45, 2.75) is 32.9 Å². The molecule has 8 nitrogen and oxygen atoms in total. The third-order valence-corrected chi connectivity index (χ3v) is 5.61. The summed E-state index contributed by atoms with van der Waals surface area (Å²) in [5.74, 6) is -0.554. The summed E-state index contributed by atoms with van der Waals surface area (Å²) in [7, 11) is 0. The standard InChI is InChI=1S/C25H24ClN5O3/c1-2-3-13-29-17-22(24(33)31(25(29)34)21-7-4-6-19(26)15-21)23(32)27-16-18-8-10-20(11-9-18)30-14-5-12-28-30/h4-12,14-15,17H,2-3,13,16H2,1H3,(H,27,32). The number of hydrogen-bond donors (Lipinski definition) is 1. The Kier molecular flexibility index (Phi) is 7.08. The molecule has 0 fully saturated rings. The molecule has 2 aromatic carbocycles. The molecule has 0 bridgehead atoms. The van der Waals surface area contributed by atoms with Crippen molar-refractivity contribution in [3.8, 4) is 11.4 Å². The highest BCUT2D eigenvalue weighted by atomic mass is 35.5. The maximum Gasteiger partial charge on any atom is 0.335 e. The number of nitrogens with one attached hydrogen (secondary N) is 1. The van der Waals surface area contributed by atoms with E-state index in [1.54, 1.807) is 29.1 Å². The molecule has 4 aromatic rings. The Labute approximate surface area is 201 Å². The first-order valence-electron chi connectivity index (χ1n) is 11.0. The van der Waals surface area contributed by atoms with E-state index in [-0.39, 0.29) is 12.1 Å². The van der Waals surface area contributed by atoms with Crippen molar-refractivity contribution in [3.63, 3.8) is 0 Å². The summed E-state index contributed by atoms with van der Waals surface area (Å²) in [4.78, 5) is 39.2. The van der Waals surface area contributed by atoms with E-state index in [9.17, 15) is 14.4 Å². The lowest BCUT2D eigenvalue weighted by atomic mass is 10.2. The average molecular weight is 478 g/mol. The van der Waals surface area contributed by atoms with Gasteiger partial charge in [-0.15, -0.1) is 0 Å². The number of halogens is 1. The molecule has 9 heteroatoms. The van der Waals surface area contributed by atoms with Crippen LogP contribution in [0, 0.1) is 0 Å². The second-order valence-corrected chi connectivity index (χ2v) is 8.23. The zero-order chi connectivity index (χ0) is 24.1. The van der Waals surface area contributed by atoms with Gasteiger partial charge in [-0.2, -0.15) is 5.10 Å². The Bertz CT molecular complexity index is 1410. The Morgan fingerprint density at radius 1 is 1.06 bits per heavy atom. The number of nitrogens with zero attached hydrogens (tertiary/aromatic N) is 4. The highest BCUT2D eigenvalue weighted by Crippen LogP contribution is 2.13. The van der Waals surface area contributed by atoms with Gasteiger partial charge in [0.05, 0.1) is 11.4 Å². The van der Waals surface area contributed by atoms with Gasteiger partial charge in [-0.1, -0.05) is 43.1 Å². The molecule has 0 radical (unpaired) electrons. The lowest BCUT2D eigenvalue weighted by molar-refractivity contribution is 0.0948. The molecular formula is C25H24ClN5O3. The molecule has 34 heavy (non-hydrogen) atoms.